The van der Waals surface area contributed by atoms with E-state index in [1.54, 1.807) is 4.90 Å². The summed E-state index contributed by atoms with van der Waals surface area (Å²) in [5, 5.41) is 16.5. The summed E-state index contributed by atoms with van der Waals surface area (Å²) in [4.78, 5) is 30.8. The molecule has 3 rings (SSSR count). The topological polar surface area (TPSA) is 97.7 Å². The smallest absolute Gasteiger partial charge is 0.318 e. The van der Waals surface area contributed by atoms with Crippen LogP contribution < -0.4 is 10.6 Å². The van der Waals surface area contributed by atoms with Crippen molar-refractivity contribution in [3.63, 3.8) is 0 Å². The third kappa shape index (κ3) is 8.34. The summed E-state index contributed by atoms with van der Waals surface area (Å²) < 4.78 is 5.36. The minimum Gasteiger partial charge on any atom is -0.378 e. The molecule has 0 spiro atoms. The van der Waals surface area contributed by atoms with Crippen LogP contribution in [-0.4, -0.2) is 78.8 Å². The Morgan fingerprint density at radius 2 is 1.83 bits per heavy atom. The number of likely N-dealkylation sites (tertiary alicyclic amines) is 1. The lowest BCUT2D eigenvalue weighted by molar-refractivity contribution is -0.125. The highest BCUT2D eigenvalue weighted by Crippen LogP contribution is 2.35. The van der Waals surface area contributed by atoms with Crippen molar-refractivity contribution < 1.29 is 14.3 Å². The van der Waals surface area contributed by atoms with Gasteiger partial charge in [-0.1, -0.05) is 59.8 Å². The molecule has 3 aliphatic rings. The molecule has 2 heterocycles. The monoisotopic (exact) mass is 503 g/mol. The van der Waals surface area contributed by atoms with Gasteiger partial charge in [-0.25, -0.2) is 4.79 Å². The van der Waals surface area contributed by atoms with Gasteiger partial charge in [-0.3, -0.25) is 4.79 Å². The van der Waals surface area contributed by atoms with Gasteiger partial charge in [0.25, 0.3) is 0 Å². The van der Waals surface area contributed by atoms with Gasteiger partial charge in [-0.05, 0) is 50.0 Å². The van der Waals surface area contributed by atoms with E-state index in [9.17, 15) is 14.9 Å². The van der Waals surface area contributed by atoms with E-state index in [-0.39, 0.29) is 17.4 Å². The van der Waals surface area contributed by atoms with Crippen LogP contribution in [-0.2, 0) is 9.53 Å². The summed E-state index contributed by atoms with van der Waals surface area (Å²) in [5.74, 6) is 0.475. The number of nitriles is 1. The van der Waals surface area contributed by atoms with Gasteiger partial charge >= 0.3 is 6.03 Å². The standard InChI is InChI=1S/C28H49N5O3/c1-5-12-32-13-11-28(21-29,19-23(32)18-22-9-7-6-8-10-22)31-25(34)24(20-27(2,3)4)30-26(35)33-14-16-36-17-15-33/h22-24H,5-20H2,1-4H3,(H,30,35)(H,31,34). The summed E-state index contributed by atoms with van der Waals surface area (Å²) in [5.41, 5.74) is -1.05. The molecule has 8 heteroatoms. The SMILES string of the molecule is CCCN1CCC(C#N)(NC(=O)C(CC(C)(C)C)NC(=O)N2CCOCC2)CC1CC1CCCCC1. The molecule has 1 aliphatic carbocycles. The predicted octanol–water partition coefficient (Wildman–Crippen LogP) is 4.06. The van der Waals surface area contributed by atoms with Crippen LogP contribution in [0.5, 0.6) is 0 Å². The lowest BCUT2D eigenvalue weighted by Gasteiger charge is -2.45. The first-order chi connectivity index (χ1) is 17.1. The lowest BCUT2D eigenvalue weighted by atomic mass is 9.77. The number of ether oxygens (including phenoxy) is 1. The molecular weight excluding hydrogens is 454 g/mol. The van der Waals surface area contributed by atoms with E-state index >= 15 is 0 Å². The van der Waals surface area contributed by atoms with Crippen LogP contribution in [0, 0.1) is 22.7 Å². The zero-order valence-corrected chi connectivity index (χ0v) is 23.1. The molecule has 3 atom stereocenters. The summed E-state index contributed by atoms with van der Waals surface area (Å²) in [6.45, 7) is 12.3. The van der Waals surface area contributed by atoms with Gasteiger partial charge in [0.2, 0.25) is 5.91 Å². The van der Waals surface area contributed by atoms with Crippen molar-refractivity contribution in [2.24, 2.45) is 11.3 Å². The number of hydrogen-bond acceptors (Lipinski definition) is 5. The molecule has 1 saturated carbocycles. The summed E-state index contributed by atoms with van der Waals surface area (Å²) in [6.07, 6.45) is 10.5. The Bertz CT molecular complexity index is 764. The molecule has 204 valence electrons. The number of rotatable bonds is 8. The molecule has 36 heavy (non-hydrogen) atoms. The number of piperidine rings is 1. The Kier molecular flexibility index (Phi) is 10.4. The first-order valence-electron chi connectivity index (χ1n) is 14.3. The molecular formula is C28H49N5O3. The molecule has 3 fully saturated rings. The number of urea groups is 1. The van der Waals surface area contributed by atoms with Crippen LogP contribution >= 0.6 is 0 Å². The van der Waals surface area contributed by atoms with Crippen LogP contribution in [0.2, 0.25) is 0 Å². The fourth-order valence-corrected chi connectivity index (χ4v) is 6.17. The Morgan fingerprint density at radius 1 is 1.14 bits per heavy atom. The fourth-order valence-electron chi connectivity index (χ4n) is 6.17. The molecule has 0 bridgehead atoms. The minimum atomic E-state index is -0.888. The molecule has 0 aromatic rings. The quantitative estimate of drug-likeness (QED) is 0.521. The largest absolute Gasteiger partial charge is 0.378 e. The average Bonchev–Trinajstić information content (AvgIpc) is 2.85. The van der Waals surface area contributed by atoms with E-state index in [1.165, 1.54) is 32.1 Å². The zero-order valence-electron chi connectivity index (χ0n) is 23.1. The molecule has 0 aromatic carbocycles. The number of morpholine rings is 1. The maximum absolute atomic E-state index is 13.6. The maximum atomic E-state index is 13.6. The van der Waals surface area contributed by atoms with Crippen LogP contribution in [0.3, 0.4) is 0 Å². The second-order valence-electron chi connectivity index (χ2n) is 12.4. The number of nitrogens with zero attached hydrogens (tertiary/aromatic N) is 3. The predicted molar refractivity (Wildman–Crippen MR) is 141 cm³/mol. The molecule has 3 amide bonds. The van der Waals surface area contributed by atoms with Crippen LogP contribution in [0.15, 0.2) is 0 Å². The molecule has 3 unspecified atom stereocenters. The van der Waals surface area contributed by atoms with Gasteiger partial charge in [-0.2, -0.15) is 5.26 Å². The van der Waals surface area contributed by atoms with E-state index in [2.05, 4.69) is 49.3 Å². The lowest BCUT2D eigenvalue weighted by Crippen LogP contribution is -2.62. The first-order valence-corrected chi connectivity index (χ1v) is 14.3. The van der Waals surface area contributed by atoms with Crippen molar-refractivity contribution in [1.82, 2.24) is 20.4 Å². The molecule has 2 saturated heterocycles. The Morgan fingerprint density at radius 3 is 2.44 bits per heavy atom. The van der Waals surface area contributed by atoms with Gasteiger partial charge in [-0.15, -0.1) is 0 Å². The Hall–Kier alpha value is -1.85. The average molecular weight is 504 g/mol. The second kappa shape index (κ2) is 13.1. The van der Waals surface area contributed by atoms with Crippen LogP contribution in [0.1, 0.15) is 91.9 Å². The Balaban J connectivity index is 1.71. The molecule has 0 radical (unpaired) electrons. The van der Waals surface area contributed by atoms with Gasteiger partial charge in [0.1, 0.15) is 11.6 Å². The number of amides is 3. The summed E-state index contributed by atoms with van der Waals surface area (Å²) in [6, 6.07) is 1.91. The van der Waals surface area contributed by atoms with Gasteiger partial charge in [0.15, 0.2) is 0 Å². The van der Waals surface area contributed by atoms with Crippen molar-refractivity contribution in [3.05, 3.63) is 0 Å². The number of carbonyl (C=O) groups excluding carboxylic acids is 2. The van der Waals surface area contributed by atoms with E-state index in [0.29, 0.717) is 51.6 Å². The van der Waals surface area contributed by atoms with Gasteiger partial charge < -0.3 is 25.2 Å². The first kappa shape index (κ1) is 28.7. The highest BCUT2D eigenvalue weighted by atomic mass is 16.5. The maximum Gasteiger partial charge on any atom is 0.318 e. The normalized spacial score (nSPS) is 27.2. The van der Waals surface area contributed by atoms with Crippen molar-refractivity contribution in [2.45, 2.75) is 110 Å². The highest BCUT2D eigenvalue weighted by molar-refractivity contribution is 5.88. The number of hydrogen-bond donors (Lipinski definition) is 2. The second-order valence-corrected chi connectivity index (χ2v) is 12.4. The third-order valence-corrected chi connectivity index (χ3v) is 8.07. The van der Waals surface area contributed by atoms with Crippen LogP contribution in [0.25, 0.3) is 0 Å². The Labute approximate surface area is 218 Å². The molecule has 8 nitrogen and oxygen atoms in total. The van der Waals surface area contributed by atoms with E-state index in [4.69, 9.17) is 4.74 Å². The van der Waals surface area contributed by atoms with Crippen LogP contribution in [0.4, 0.5) is 4.79 Å². The minimum absolute atomic E-state index is 0.159. The summed E-state index contributed by atoms with van der Waals surface area (Å²) >= 11 is 0. The van der Waals surface area contributed by atoms with E-state index in [0.717, 1.165) is 31.8 Å². The highest BCUT2D eigenvalue weighted by Gasteiger charge is 2.43. The van der Waals surface area contributed by atoms with Gasteiger partial charge in [0.05, 0.1) is 19.3 Å². The number of nitrogens with one attached hydrogen (secondary N) is 2. The summed E-state index contributed by atoms with van der Waals surface area (Å²) in [7, 11) is 0. The fraction of sp³-hybridized carbons (Fsp3) is 0.893. The van der Waals surface area contributed by atoms with Crippen molar-refractivity contribution in [3.8, 4) is 6.07 Å². The van der Waals surface area contributed by atoms with Crippen molar-refractivity contribution in [1.29, 1.82) is 5.26 Å². The van der Waals surface area contributed by atoms with E-state index in [1.807, 2.05) is 0 Å². The van der Waals surface area contributed by atoms with Gasteiger partial charge in [0, 0.05) is 25.7 Å². The van der Waals surface area contributed by atoms with Crippen molar-refractivity contribution >= 4 is 11.9 Å². The molecule has 2 N–H and O–H groups in total. The third-order valence-electron chi connectivity index (χ3n) is 8.07. The van der Waals surface area contributed by atoms with E-state index < -0.39 is 11.6 Å². The molecule has 0 aromatic heterocycles. The molecule has 2 aliphatic heterocycles. The zero-order chi connectivity index (χ0) is 26.2. The number of carbonyl (C=O) groups is 2. The van der Waals surface area contributed by atoms with Crippen molar-refractivity contribution in [2.75, 3.05) is 39.4 Å².